The standard InChI is InChI=1S/C26H22FN5O4/c1-17-21-7-2-3-8-22(21)26(34)31(28-17)24-16-20(9-10-23(24)32(35)36)29-11-13-30(14-12-29)25(33)18-5-4-6-19(27)15-18/h2-10,15-16H,11-14H2,1H3. The van der Waals surface area contributed by atoms with Crippen LogP contribution in [0.3, 0.4) is 0 Å². The van der Waals surface area contributed by atoms with Crippen molar-refractivity contribution in [2.24, 2.45) is 0 Å². The van der Waals surface area contributed by atoms with Crippen molar-refractivity contribution >= 4 is 28.1 Å². The summed E-state index contributed by atoms with van der Waals surface area (Å²) in [5.74, 6) is -0.716. The summed E-state index contributed by atoms with van der Waals surface area (Å²) in [4.78, 5) is 40.9. The lowest BCUT2D eigenvalue weighted by atomic mass is 10.1. The van der Waals surface area contributed by atoms with Crippen LogP contribution in [0.4, 0.5) is 15.8 Å². The maximum Gasteiger partial charge on any atom is 0.295 e. The van der Waals surface area contributed by atoms with Gasteiger partial charge in [-0.25, -0.2) is 4.39 Å². The molecule has 1 fully saturated rings. The first-order chi connectivity index (χ1) is 17.3. The van der Waals surface area contributed by atoms with Gasteiger partial charge in [0, 0.05) is 48.9 Å². The van der Waals surface area contributed by atoms with Gasteiger partial charge in [-0.2, -0.15) is 9.78 Å². The number of halogens is 1. The van der Waals surface area contributed by atoms with Gasteiger partial charge >= 0.3 is 0 Å². The lowest BCUT2D eigenvalue weighted by Crippen LogP contribution is -2.48. The molecule has 4 aromatic rings. The van der Waals surface area contributed by atoms with E-state index in [0.29, 0.717) is 48.3 Å². The normalized spacial score (nSPS) is 13.7. The molecule has 0 bridgehead atoms. The fourth-order valence-corrected chi connectivity index (χ4v) is 4.52. The van der Waals surface area contributed by atoms with Crippen LogP contribution >= 0.6 is 0 Å². The van der Waals surface area contributed by atoms with E-state index in [1.54, 1.807) is 48.2 Å². The molecule has 2 heterocycles. The van der Waals surface area contributed by atoms with E-state index in [1.807, 2.05) is 11.0 Å². The summed E-state index contributed by atoms with van der Waals surface area (Å²) in [7, 11) is 0. The summed E-state index contributed by atoms with van der Waals surface area (Å²) in [6, 6.07) is 17.2. The number of fused-ring (bicyclic) bond motifs is 1. The summed E-state index contributed by atoms with van der Waals surface area (Å²) >= 11 is 0. The topological polar surface area (TPSA) is 102 Å². The van der Waals surface area contributed by atoms with Gasteiger partial charge in [-0.05, 0) is 43.3 Å². The Kier molecular flexibility index (Phi) is 5.93. The molecular formula is C26H22FN5O4. The predicted molar refractivity (Wildman–Crippen MR) is 133 cm³/mol. The van der Waals surface area contributed by atoms with Crippen LogP contribution < -0.4 is 10.5 Å². The molecule has 1 amide bonds. The van der Waals surface area contributed by atoms with E-state index in [4.69, 9.17) is 0 Å². The molecule has 10 heteroatoms. The van der Waals surface area contributed by atoms with Gasteiger partial charge in [-0.1, -0.05) is 24.3 Å². The number of piperazine rings is 1. The van der Waals surface area contributed by atoms with E-state index in [-0.39, 0.29) is 22.8 Å². The van der Waals surface area contributed by atoms with Crippen LogP contribution in [0.1, 0.15) is 16.1 Å². The Morgan fingerprint density at radius 1 is 0.972 bits per heavy atom. The minimum Gasteiger partial charge on any atom is -0.368 e. The second-order valence-electron chi connectivity index (χ2n) is 8.57. The van der Waals surface area contributed by atoms with E-state index >= 15 is 0 Å². The summed E-state index contributed by atoms with van der Waals surface area (Å²) < 4.78 is 14.6. The lowest BCUT2D eigenvalue weighted by molar-refractivity contribution is -0.384. The number of hydrogen-bond acceptors (Lipinski definition) is 6. The molecule has 9 nitrogen and oxygen atoms in total. The number of aromatic nitrogens is 2. The second-order valence-corrected chi connectivity index (χ2v) is 8.57. The first-order valence-electron chi connectivity index (χ1n) is 11.4. The average molecular weight is 487 g/mol. The predicted octanol–water partition coefficient (Wildman–Crippen LogP) is 3.70. The van der Waals surface area contributed by atoms with Gasteiger partial charge in [0.1, 0.15) is 11.5 Å². The van der Waals surface area contributed by atoms with Gasteiger partial charge in [0.05, 0.1) is 16.0 Å². The van der Waals surface area contributed by atoms with Crippen molar-refractivity contribution in [1.29, 1.82) is 0 Å². The highest BCUT2D eigenvalue weighted by Gasteiger charge is 2.25. The number of carbonyl (C=O) groups excluding carboxylic acids is 1. The molecule has 0 radical (unpaired) electrons. The summed E-state index contributed by atoms with van der Waals surface area (Å²) in [5.41, 5.74) is 0.945. The fourth-order valence-electron chi connectivity index (χ4n) is 4.52. The zero-order valence-corrected chi connectivity index (χ0v) is 19.4. The quantitative estimate of drug-likeness (QED) is 0.321. The first-order valence-corrected chi connectivity index (χ1v) is 11.4. The number of benzene rings is 3. The number of nitro benzene ring substituents is 1. The van der Waals surface area contributed by atoms with Gasteiger partial charge in [-0.15, -0.1) is 0 Å². The Balaban J connectivity index is 1.46. The molecule has 1 aromatic heterocycles. The molecular weight excluding hydrogens is 465 g/mol. The van der Waals surface area contributed by atoms with Crippen molar-refractivity contribution in [2.45, 2.75) is 6.92 Å². The van der Waals surface area contributed by atoms with Crippen molar-refractivity contribution in [1.82, 2.24) is 14.7 Å². The highest BCUT2D eigenvalue weighted by Crippen LogP contribution is 2.29. The van der Waals surface area contributed by atoms with E-state index in [9.17, 15) is 24.1 Å². The molecule has 0 spiro atoms. The first kappa shape index (κ1) is 23.2. The van der Waals surface area contributed by atoms with Crippen molar-refractivity contribution in [3.8, 4) is 5.69 Å². The number of hydrogen-bond donors (Lipinski definition) is 0. The molecule has 1 aliphatic heterocycles. The van der Waals surface area contributed by atoms with Gasteiger partial charge in [0.15, 0.2) is 0 Å². The summed E-state index contributed by atoms with van der Waals surface area (Å²) in [6.07, 6.45) is 0. The van der Waals surface area contributed by atoms with Crippen molar-refractivity contribution < 1.29 is 14.1 Å². The smallest absolute Gasteiger partial charge is 0.295 e. The summed E-state index contributed by atoms with van der Waals surface area (Å²) in [5, 5.41) is 17.3. The van der Waals surface area contributed by atoms with E-state index in [2.05, 4.69) is 5.10 Å². The molecule has 1 saturated heterocycles. The Morgan fingerprint density at radius 2 is 1.69 bits per heavy atom. The highest BCUT2D eigenvalue weighted by atomic mass is 19.1. The molecule has 182 valence electrons. The molecule has 0 atom stereocenters. The van der Waals surface area contributed by atoms with Gasteiger partial charge in [0.2, 0.25) is 0 Å². The fraction of sp³-hybridized carbons (Fsp3) is 0.192. The number of anilines is 1. The van der Waals surface area contributed by atoms with Crippen molar-refractivity contribution in [3.05, 3.63) is 104 Å². The third-order valence-corrected chi connectivity index (χ3v) is 6.38. The number of carbonyl (C=O) groups is 1. The largest absolute Gasteiger partial charge is 0.368 e. The van der Waals surface area contributed by atoms with Crippen LogP contribution in [0.25, 0.3) is 16.5 Å². The molecule has 1 aliphatic rings. The van der Waals surface area contributed by atoms with E-state index < -0.39 is 16.3 Å². The van der Waals surface area contributed by atoms with Crippen molar-refractivity contribution in [2.75, 3.05) is 31.1 Å². The van der Waals surface area contributed by atoms with Crippen LogP contribution in [0.15, 0.2) is 71.5 Å². The number of aryl methyl sites for hydroxylation is 1. The van der Waals surface area contributed by atoms with Gasteiger partial charge in [0.25, 0.3) is 17.2 Å². The molecule has 3 aromatic carbocycles. The van der Waals surface area contributed by atoms with Crippen molar-refractivity contribution in [3.63, 3.8) is 0 Å². The number of nitro groups is 1. The Morgan fingerprint density at radius 3 is 2.39 bits per heavy atom. The maximum atomic E-state index is 13.5. The highest BCUT2D eigenvalue weighted by molar-refractivity contribution is 5.94. The third kappa shape index (κ3) is 4.17. The minimum absolute atomic E-state index is 0.0784. The molecule has 0 saturated carbocycles. The number of nitrogens with zero attached hydrogens (tertiary/aromatic N) is 5. The zero-order chi connectivity index (χ0) is 25.4. The minimum atomic E-state index is -0.534. The lowest BCUT2D eigenvalue weighted by Gasteiger charge is -2.36. The Hall–Kier alpha value is -4.60. The zero-order valence-electron chi connectivity index (χ0n) is 19.4. The van der Waals surface area contributed by atoms with Crippen LogP contribution in [-0.4, -0.2) is 51.7 Å². The molecule has 5 rings (SSSR count). The molecule has 0 aliphatic carbocycles. The molecule has 0 N–H and O–H groups in total. The maximum absolute atomic E-state index is 13.5. The molecule has 36 heavy (non-hydrogen) atoms. The summed E-state index contributed by atoms with van der Waals surface area (Å²) in [6.45, 7) is 3.49. The van der Waals surface area contributed by atoms with Crippen LogP contribution in [0.5, 0.6) is 0 Å². The van der Waals surface area contributed by atoms with Crippen LogP contribution in [-0.2, 0) is 0 Å². The number of rotatable bonds is 4. The van der Waals surface area contributed by atoms with Gasteiger partial charge < -0.3 is 9.80 Å². The van der Waals surface area contributed by atoms with Crippen LogP contribution in [0, 0.1) is 22.9 Å². The van der Waals surface area contributed by atoms with E-state index in [0.717, 1.165) is 4.68 Å². The monoisotopic (exact) mass is 487 g/mol. The molecule has 0 unspecified atom stereocenters. The SMILES string of the molecule is Cc1nn(-c2cc(N3CCN(C(=O)c4cccc(F)c4)CC3)ccc2[N+](=O)[O-])c(=O)c2ccccc12. The average Bonchev–Trinajstić information content (AvgIpc) is 2.90. The Labute approximate surface area is 205 Å². The third-order valence-electron chi connectivity index (χ3n) is 6.38. The number of amides is 1. The van der Waals surface area contributed by atoms with Gasteiger partial charge in [-0.3, -0.25) is 19.7 Å². The Bertz CT molecular complexity index is 1560. The van der Waals surface area contributed by atoms with Crippen LogP contribution in [0.2, 0.25) is 0 Å². The second kappa shape index (κ2) is 9.21. The van der Waals surface area contributed by atoms with E-state index in [1.165, 1.54) is 24.3 Å².